The zero-order valence-corrected chi connectivity index (χ0v) is 18.1. The van der Waals surface area contributed by atoms with Gasteiger partial charge in [0.1, 0.15) is 17.3 Å². The molecule has 0 saturated carbocycles. The summed E-state index contributed by atoms with van der Waals surface area (Å²) >= 11 is 0. The maximum atomic E-state index is 12.5. The van der Waals surface area contributed by atoms with Crippen LogP contribution in [0, 0.1) is 0 Å². The summed E-state index contributed by atoms with van der Waals surface area (Å²) in [4.78, 5) is 27.6. The highest BCUT2D eigenvalue weighted by Gasteiger charge is 2.28. The van der Waals surface area contributed by atoms with Gasteiger partial charge in [-0.3, -0.25) is 14.5 Å². The molecule has 0 radical (unpaired) electrons. The molecule has 3 aromatic heterocycles. The predicted molar refractivity (Wildman–Crippen MR) is 114 cm³/mol. The average molecular weight is 461 g/mol. The number of carbonyl (C=O) groups excluding carboxylic acids is 1. The molecule has 1 aliphatic rings. The van der Waals surface area contributed by atoms with Crippen LogP contribution in [-0.2, 0) is 24.7 Å². The summed E-state index contributed by atoms with van der Waals surface area (Å²) in [5, 5.41) is 6.80. The minimum Gasteiger partial charge on any atom is -0.484 e. The minimum atomic E-state index is -4.44. The molecule has 0 unspecified atom stereocenters. The predicted octanol–water partition coefficient (Wildman–Crippen LogP) is 2.78. The lowest BCUT2D eigenvalue weighted by atomic mass is 10.2. The van der Waals surface area contributed by atoms with E-state index in [1.807, 2.05) is 0 Å². The second-order valence-corrected chi connectivity index (χ2v) is 7.74. The van der Waals surface area contributed by atoms with Gasteiger partial charge >= 0.3 is 6.18 Å². The molecule has 3 heterocycles. The maximum absolute atomic E-state index is 12.5. The van der Waals surface area contributed by atoms with Crippen LogP contribution in [-0.4, -0.2) is 57.0 Å². The number of nitrogens with one attached hydrogen (secondary N) is 1. The van der Waals surface area contributed by atoms with Crippen molar-refractivity contribution in [3.63, 3.8) is 0 Å². The third kappa shape index (κ3) is 5.57. The number of pyridine rings is 1. The molecule has 1 aliphatic carbocycles. The molecule has 3 aromatic rings. The first-order valence-corrected chi connectivity index (χ1v) is 10.2. The molecule has 0 bridgehead atoms. The summed E-state index contributed by atoms with van der Waals surface area (Å²) in [6, 6.07) is 2.72. The highest BCUT2D eigenvalue weighted by molar-refractivity contribution is 5.93. The van der Waals surface area contributed by atoms with Crippen molar-refractivity contribution < 1.29 is 22.7 Å². The fourth-order valence-electron chi connectivity index (χ4n) is 3.61. The van der Waals surface area contributed by atoms with Crippen LogP contribution in [0.1, 0.15) is 17.7 Å². The summed E-state index contributed by atoms with van der Waals surface area (Å²) in [5.74, 6) is 0.644. The van der Waals surface area contributed by atoms with Gasteiger partial charge in [0.25, 0.3) is 0 Å². The fraction of sp³-hybridized carbons (Fsp3) is 0.381. The number of likely N-dealkylation sites (N-methyl/N-ethyl adjacent to an activating group) is 1. The van der Waals surface area contributed by atoms with Gasteiger partial charge in [0, 0.05) is 43.8 Å². The van der Waals surface area contributed by atoms with E-state index in [1.54, 1.807) is 36.1 Å². The molecule has 174 valence electrons. The van der Waals surface area contributed by atoms with E-state index in [2.05, 4.69) is 25.4 Å². The van der Waals surface area contributed by atoms with Crippen molar-refractivity contribution in [2.75, 3.05) is 30.4 Å². The lowest BCUT2D eigenvalue weighted by molar-refractivity contribution is -0.153. The number of aromatic nitrogens is 5. The van der Waals surface area contributed by atoms with Crippen LogP contribution in [0.5, 0.6) is 5.75 Å². The van der Waals surface area contributed by atoms with Gasteiger partial charge in [-0.1, -0.05) is 0 Å². The molecule has 0 atom stereocenters. The first kappa shape index (κ1) is 22.5. The van der Waals surface area contributed by atoms with Gasteiger partial charge in [-0.05, 0) is 25.3 Å². The summed E-state index contributed by atoms with van der Waals surface area (Å²) in [6.45, 7) is -1.36. The number of fused-ring (bicyclic) bond motifs is 1. The Morgan fingerprint density at radius 3 is 2.85 bits per heavy atom. The van der Waals surface area contributed by atoms with Crippen LogP contribution < -0.4 is 15.0 Å². The van der Waals surface area contributed by atoms with Gasteiger partial charge in [-0.25, -0.2) is 9.97 Å². The van der Waals surface area contributed by atoms with Gasteiger partial charge < -0.3 is 15.0 Å². The Labute approximate surface area is 187 Å². The van der Waals surface area contributed by atoms with Gasteiger partial charge in [0.2, 0.25) is 5.91 Å². The standard InChI is InChI=1S/C21H22F3N7O2/c1-30(11-18(32)27-13-9-26-31(2)10-13)20-15-4-3-5-16(15)28-19(29-20)17-8-14(6-7-25-17)33-12-21(22,23)24/h6-10H,3-5,11-12H2,1-2H3,(H,27,32). The van der Waals surface area contributed by atoms with Gasteiger partial charge in [0.15, 0.2) is 12.4 Å². The molecule has 9 nitrogen and oxygen atoms in total. The van der Waals surface area contributed by atoms with E-state index in [0.717, 1.165) is 30.5 Å². The maximum Gasteiger partial charge on any atom is 0.422 e. The van der Waals surface area contributed by atoms with E-state index >= 15 is 0 Å². The number of nitrogens with zero attached hydrogens (tertiary/aromatic N) is 6. The second kappa shape index (κ2) is 9.04. The molecule has 0 aliphatic heterocycles. The Hall–Kier alpha value is -3.70. The number of carbonyl (C=O) groups is 1. The molecule has 1 N–H and O–H groups in total. The zero-order valence-electron chi connectivity index (χ0n) is 18.1. The smallest absolute Gasteiger partial charge is 0.422 e. The van der Waals surface area contributed by atoms with Crippen molar-refractivity contribution in [1.82, 2.24) is 24.7 Å². The lowest BCUT2D eigenvalue weighted by Crippen LogP contribution is -2.31. The number of alkyl halides is 3. The van der Waals surface area contributed by atoms with Crippen LogP contribution in [0.4, 0.5) is 24.7 Å². The van der Waals surface area contributed by atoms with E-state index in [-0.39, 0.29) is 24.0 Å². The number of rotatable bonds is 7. The molecule has 33 heavy (non-hydrogen) atoms. The minimum absolute atomic E-state index is 0.0205. The van der Waals surface area contributed by atoms with Crippen LogP contribution in [0.15, 0.2) is 30.7 Å². The monoisotopic (exact) mass is 461 g/mol. The molecular formula is C21H22F3N7O2. The van der Waals surface area contributed by atoms with E-state index in [0.29, 0.717) is 17.2 Å². The van der Waals surface area contributed by atoms with Gasteiger partial charge in [0.05, 0.1) is 18.4 Å². The Morgan fingerprint density at radius 1 is 1.30 bits per heavy atom. The van der Waals surface area contributed by atoms with Crippen LogP contribution in [0.3, 0.4) is 0 Å². The van der Waals surface area contributed by atoms with E-state index in [9.17, 15) is 18.0 Å². The molecule has 0 aromatic carbocycles. The molecule has 0 spiro atoms. The largest absolute Gasteiger partial charge is 0.484 e. The van der Waals surface area contributed by atoms with Crippen molar-refractivity contribution >= 4 is 17.4 Å². The normalized spacial score (nSPS) is 13.0. The summed E-state index contributed by atoms with van der Waals surface area (Å²) in [5.41, 5.74) is 2.68. The Morgan fingerprint density at radius 2 is 2.12 bits per heavy atom. The van der Waals surface area contributed by atoms with Crippen LogP contribution in [0.2, 0.25) is 0 Å². The number of amides is 1. The Kier molecular flexibility index (Phi) is 6.16. The lowest BCUT2D eigenvalue weighted by Gasteiger charge is -2.21. The second-order valence-electron chi connectivity index (χ2n) is 7.74. The molecule has 4 rings (SSSR count). The number of hydrogen-bond acceptors (Lipinski definition) is 7. The highest BCUT2D eigenvalue weighted by atomic mass is 19.4. The van der Waals surface area contributed by atoms with Crippen LogP contribution in [0.25, 0.3) is 11.5 Å². The van der Waals surface area contributed by atoms with Crippen molar-refractivity contribution in [2.45, 2.75) is 25.4 Å². The number of aryl methyl sites for hydroxylation is 2. The van der Waals surface area contributed by atoms with Gasteiger partial charge in [-0.15, -0.1) is 0 Å². The van der Waals surface area contributed by atoms with E-state index < -0.39 is 12.8 Å². The van der Waals surface area contributed by atoms with Crippen molar-refractivity contribution in [1.29, 1.82) is 0 Å². The molecule has 1 amide bonds. The molecule has 12 heteroatoms. The first-order chi connectivity index (χ1) is 15.7. The summed E-state index contributed by atoms with van der Waals surface area (Å²) < 4.78 is 43.9. The third-order valence-corrected chi connectivity index (χ3v) is 5.01. The number of anilines is 2. The van der Waals surface area contributed by atoms with Crippen molar-refractivity contribution in [3.05, 3.63) is 42.0 Å². The van der Waals surface area contributed by atoms with Crippen molar-refractivity contribution in [3.8, 4) is 17.3 Å². The zero-order chi connectivity index (χ0) is 23.6. The summed E-state index contributed by atoms with van der Waals surface area (Å²) in [7, 11) is 3.51. The molecular weight excluding hydrogens is 439 g/mol. The molecule has 0 fully saturated rings. The molecule has 0 saturated heterocycles. The Bertz CT molecular complexity index is 1160. The van der Waals surface area contributed by atoms with Gasteiger partial charge in [-0.2, -0.15) is 18.3 Å². The first-order valence-electron chi connectivity index (χ1n) is 10.2. The number of hydrogen-bond donors (Lipinski definition) is 1. The quantitative estimate of drug-likeness (QED) is 0.578. The number of ether oxygens (including phenoxy) is 1. The summed E-state index contributed by atoms with van der Waals surface area (Å²) in [6.07, 6.45) is 2.58. The van der Waals surface area contributed by atoms with Crippen molar-refractivity contribution in [2.24, 2.45) is 7.05 Å². The number of halogens is 3. The fourth-order valence-corrected chi connectivity index (χ4v) is 3.61. The van der Waals surface area contributed by atoms with E-state index in [4.69, 9.17) is 4.74 Å². The SMILES string of the molecule is CN(CC(=O)Nc1cnn(C)c1)c1nc(-c2cc(OCC(F)(F)F)ccn2)nc2c1CCC2. The van der Waals surface area contributed by atoms with Crippen LogP contribution >= 0.6 is 0 Å². The van der Waals surface area contributed by atoms with E-state index in [1.165, 1.54) is 18.3 Å². The highest BCUT2D eigenvalue weighted by Crippen LogP contribution is 2.31. The third-order valence-electron chi connectivity index (χ3n) is 5.01. The topological polar surface area (TPSA) is 98.1 Å². The Balaban J connectivity index is 1.56. The average Bonchev–Trinajstić information content (AvgIpc) is 3.39.